The van der Waals surface area contributed by atoms with Gasteiger partial charge in [0.25, 0.3) is 0 Å². The molecule has 3 nitrogen and oxygen atoms in total. The lowest BCUT2D eigenvalue weighted by Crippen LogP contribution is -2.09. The fourth-order valence-corrected chi connectivity index (χ4v) is 7.54. The largest absolute Gasteiger partial charge is 0.435 e. The summed E-state index contributed by atoms with van der Waals surface area (Å²) in [4.78, 5) is 7.29. The average Bonchev–Trinajstić information content (AvgIpc) is 3.79. The van der Waals surface area contributed by atoms with Crippen molar-refractivity contribution >= 4 is 27.8 Å². The number of hydrogen-bond acceptors (Lipinski definition) is 3. The molecular weight excluding hydrogens is 633 g/mol. The summed E-state index contributed by atoms with van der Waals surface area (Å²) in [6.07, 6.45) is 0. The lowest BCUT2D eigenvalue weighted by molar-refractivity contribution is 0.590. The molecule has 1 aliphatic carbocycles. The van der Waals surface area contributed by atoms with Crippen molar-refractivity contribution in [2.45, 2.75) is 0 Å². The highest BCUT2D eigenvalue weighted by Gasteiger charge is 2.29. The smallest absolute Gasteiger partial charge is 0.227 e. The maximum absolute atomic E-state index is 6.40. The predicted octanol–water partition coefficient (Wildman–Crippen LogP) is 13.6. The van der Waals surface area contributed by atoms with Gasteiger partial charge >= 0.3 is 0 Å². The molecule has 0 amide bonds. The summed E-state index contributed by atoms with van der Waals surface area (Å²) in [5.41, 5.74) is 14.5. The van der Waals surface area contributed by atoms with Crippen molar-refractivity contribution in [3.8, 4) is 67.4 Å². The van der Waals surface area contributed by atoms with E-state index in [4.69, 9.17) is 9.40 Å². The van der Waals surface area contributed by atoms with Crippen molar-refractivity contribution < 1.29 is 4.42 Å². The molecule has 1 aromatic heterocycles. The minimum atomic E-state index is 0.655. The molecule has 0 spiro atoms. The van der Waals surface area contributed by atoms with Gasteiger partial charge in [0, 0.05) is 39.1 Å². The van der Waals surface area contributed by atoms with Crippen molar-refractivity contribution in [2.75, 3.05) is 4.90 Å². The van der Waals surface area contributed by atoms with E-state index in [-0.39, 0.29) is 0 Å². The van der Waals surface area contributed by atoms with Crippen molar-refractivity contribution in [2.24, 2.45) is 0 Å². The van der Waals surface area contributed by atoms with E-state index in [9.17, 15) is 0 Å². The van der Waals surface area contributed by atoms with E-state index in [1.807, 2.05) is 30.3 Å². The highest BCUT2D eigenvalue weighted by atomic mass is 16.4. The van der Waals surface area contributed by atoms with Crippen LogP contribution >= 0.6 is 0 Å². The second-order valence-electron chi connectivity index (χ2n) is 13.2. The van der Waals surface area contributed by atoms with Gasteiger partial charge in [-0.05, 0) is 87.3 Å². The van der Waals surface area contributed by atoms with Crippen LogP contribution in [0.25, 0.3) is 78.2 Å². The Bertz CT molecular complexity index is 2570. The van der Waals surface area contributed by atoms with Crippen LogP contribution in [0.3, 0.4) is 0 Å². The Morgan fingerprint density at radius 1 is 0.346 bits per heavy atom. The van der Waals surface area contributed by atoms with E-state index < -0.39 is 0 Å². The van der Waals surface area contributed by atoms with Gasteiger partial charge in [-0.15, -0.1) is 0 Å². The Labute approximate surface area is 302 Å². The molecule has 0 atom stereocenters. The van der Waals surface area contributed by atoms with E-state index in [1.54, 1.807) is 0 Å². The van der Waals surface area contributed by atoms with Crippen LogP contribution in [-0.4, -0.2) is 4.98 Å². The van der Waals surface area contributed by atoms with Gasteiger partial charge in [0.1, 0.15) is 5.69 Å². The fraction of sp³-hybridized carbons (Fsp3) is 0. The van der Waals surface area contributed by atoms with Crippen LogP contribution in [0.2, 0.25) is 0 Å². The third kappa shape index (κ3) is 5.10. The number of rotatable bonds is 7. The zero-order chi connectivity index (χ0) is 34.4. The first kappa shape index (κ1) is 29.9. The molecule has 52 heavy (non-hydrogen) atoms. The first-order chi connectivity index (χ1) is 25.8. The van der Waals surface area contributed by atoms with Crippen LogP contribution in [0.5, 0.6) is 0 Å². The topological polar surface area (TPSA) is 29.3 Å². The van der Waals surface area contributed by atoms with Crippen LogP contribution in [0.1, 0.15) is 0 Å². The quantitative estimate of drug-likeness (QED) is 0.170. The lowest BCUT2D eigenvalue weighted by Gasteiger charge is -2.26. The summed E-state index contributed by atoms with van der Waals surface area (Å²) in [5, 5.41) is 2.39. The molecule has 0 bridgehead atoms. The molecule has 0 aliphatic heterocycles. The van der Waals surface area contributed by atoms with Crippen LogP contribution in [0, 0.1) is 0 Å². The zero-order valence-corrected chi connectivity index (χ0v) is 28.3. The van der Waals surface area contributed by atoms with Gasteiger partial charge in [0.15, 0.2) is 5.76 Å². The fourth-order valence-electron chi connectivity index (χ4n) is 7.54. The van der Waals surface area contributed by atoms with E-state index >= 15 is 0 Å². The molecule has 0 fully saturated rings. The highest BCUT2D eigenvalue weighted by Crippen LogP contribution is 2.50. The highest BCUT2D eigenvalue weighted by molar-refractivity contribution is 6.17. The summed E-state index contributed by atoms with van der Waals surface area (Å²) in [6.45, 7) is 0. The van der Waals surface area contributed by atoms with Crippen LogP contribution in [-0.2, 0) is 0 Å². The monoisotopic (exact) mass is 664 g/mol. The first-order valence-electron chi connectivity index (χ1n) is 17.6. The Hall–Kier alpha value is -6.97. The molecule has 0 saturated carbocycles. The molecule has 0 radical (unpaired) electrons. The molecule has 0 unspecified atom stereocenters. The van der Waals surface area contributed by atoms with Crippen molar-refractivity contribution in [1.82, 2.24) is 4.98 Å². The molecule has 9 aromatic rings. The molecule has 1 aliphatic rings. The Balaban J connectivity index is 1.02. The number of aromatic nitrogens is 1. The summed E-state index contributed by atoms with van der Waals surface area (Å²) >= 11 is 0. The Morgan fingerprint density at radius 2 is 0.808 bits per heavy atom. The molecule has 3 heteroatoms. The zero-order valence-electron chi connectivity index (χ0n) is 28.3. The number of fused-ring (bicyclic) bond motifs is 3. The lowest BCUT2D eigenvalue weighted by atomic mass is 9.94. The van der Waals surface area contributed by atoms with Gasteiger partial charge in [-0.2, -0.15) is 0 Å². The number of hydrogen-bond donors (Lipinski definition) is 0. The van der Waals surface area contributed by atoms with E-state index in [2.05, 4.69) is 169 Å². The van der Waals surface area contributed by atoms with Gasteiger partial charge in [0.05, 0.1) is 0 Å². The van der Waals surface area contributed by atoms with Crippen molar-refractivity contribution in [3.63, 3.8) is 0 Å². The van der Waals surface area contributed by atoms with Crippen molar-refractivity contribution in [3.05, 3.63) is 194 Å². The standard InChI is InChI=1S/C49H32N2O/c1-4-11-33(12-5-1)35-19-25-39(26-20-35)51(40-27-21-36(22-28-40)34-13-6-2-7-14-34)41-29-23-37(24-30-41)42-31-32-44-46-43(42)17-10-18-45(46)48-47(44)50-49(52-48)38-15-8-3-9-16-38/h1-32H. The average molecular weight is 665 g/mol. The minimum Gasteiger partial charge on any atom is -0.435 e. The molecule has 244 valence electrons. The molecule has 1 heterocycles. The van der Waals surface area contributed by atoms with Gasteiger partial charge < -0.3 is 9.32 Å². The summed E-state index contributed by atoms with van der Waals surface area (Å²) < 4.78 is 6.40. The summed E-state index contributed by atoms with van der Waals surface area (Å²) in [6, 6.07) is 68.7. The molecule has 10 rings (SSSR count). The van der Waals surface area contributed by atoms with Gasteiger partial charge in [-0.3, -0.25) is 0 Å². The minimum absolute atomic E-state index is 0.655. The van der Waals surface area contributed by atoms with Crippen LogP contribution < -0.4 is 4.90 Å². The Morgan fingerprint density at radius 3 is 1.35 bits per heavy atom. The second kappa shape index (κ2) is 12.4. The predicted molar refractivity (Wildman–Crippen MR) is 215 cm³/mol. The van der Waals surface area contributed by atoms with Gasteiger partial charge in [-0.25, -0.2) is 4.98 Å². The summed E-state index contributed by atoms with van der Waals surface area (Å²) in [5.74, 6) is 1.50. The number of nitrogens with zero attached hydrogens (tertiary/aromatic N) is 2. The molecule has 8 aromatic carbocycles. The maximum atomic E-state index is 6.40. The van der Waals surface area contributed by atoms with E-state index in [0.29, 0.717) is 5.89 Å². The maximum Gasteiger partial charge on any atom is 0.227 e. The first-order valence-corrected chi connectivity index (χ1v) is 17.6. The van der Waals surface area contributed by atoms with Gasteiger partial charge in [-0.1, -0.05) is 146 Å². The third-order valence-corrected chi connectivity index (χ3v) is 10.1. The van der Waals surface area contributed by atoms with Gasteiger partial charge in [0.2, 0.25) is 5.89 Å². The molecular formula is C49H32N2O. The van der Waals surface area contributed by atoms with E-state index in [1.165, 1.54) is 38.6 Å². The number of benzene rings is 8. The SMILES string of the molecule is c1ccc(-c2ccc(N(c3ccc(-c4ccccc4)cc3)c3ccc(-c4ccc5c6c(cccc46)-c4oc(-c6ccccc6)nc4-5)cc3)cc2)cc1. The third-order valence-electron chi connectivity index (χ3n) is 10.1. The second-order valence-corrected chi connectivity index (χ2v) is 13.2. The van der Waals surface area contributed by atoms with Crippen LogP contribution in [0.4, 0.5) is 17.1 Å². The van der Waals surface area contributed by atoms with Crippen LogP contribution in [0.15, 0.2) is 199 Å². The molecule has 0 N–H and O–H groups in total. The normalized spacial score (nSPS) is 11.5. The number of anilines is 3. The number of oxazole rings is 1. The summed E-state index contributed by atoms with van der Waals surface area (Å²) in [7, 11) is 0. The van der Waals surface area contributed by atoms with Crippen molar-refractivity contribution in [1.29, 1.82) is 0 Å². The van der Waals surface area contributed by atoms with E-state index in [0.717, 1.165) is 50.8 Å². The molecule has 0 saturated heterocycles. The Kier molecular flexibility index (Phi) is 7.14.